The van der Waals surface area contributed by atoms with Gasteiger partial charge < -0.3 is 25.3 Å². The standard InChI is InChI=1S/C35H39N5O4/c1-22-28(7-6-8-29(22)39-33(42)23-9-13-25(14-10-23)35(2,3)4)30-21-40(5)34(43)31(38-30)36-26-15-11-24(12-16-26)32(41)37-27-17-19-44-20-18-27/h6-16,21,27H,17-20H2,1-5H3,(H,36,38)(H,37,41)(H,39,42). The number of carbonyl (C=O) groups excluding carboxylic acids is 2. The maximum absolute atomic E-state index is 13.1. The zero-order chi connectivity index (χ0) is 31.4. The lowest BCUT2D eigenvalue weighted by Gasteiger charge is -2.23. The first kappa shape index (κ1) is 30.7. The Kier molecular flexibility index (Phi) is 8.96. The van der Waals surface area contributed by atoms with Crippen LogP contribution in [-0.4, -0.2) is 40.6 Å². The predicted octanol–water partition coefficient (Wildman–Crippen LogP) is 5.96. The minimum absolute atomic E-state index is 0.00103. The number of rotatable bonds is 7. The van der Waals surface area contributed by atoms with E-state index in [1.165, 1.54) is 4.57 Å². The molecule has 0 radical (unpaired) electrons. The van der Waals surface area contributed by atoms with Gasteiger partial charge in [0.15, 0.2) is 5.82 Å². The highest BCUT2D eigenvalue weighted by molar-refractivity contribution is 6.05. The number of hydrogen-bond acceptors (Lipinski definition) is 6. The smallest absolute Gasteiger partial charge is 0.293 e. The molecule has 9 heteroatoms. The number of nitrogens with zero attached hydrogens (tertiary/aromatic N) is 2. The Balaban J connectivity index is 1.33. The molecule has 0 bridgehead atoms. The van der Waals surface area contributed by atoms with E-state index in [0.29, 0.717) is 41.4 Å². The van der Waals surface area contributed by atoms with Crippen molar-refractivity contribution in [3.05, 3.63) is 106 Å². The van der Waals surface area contributed by atoms with Gasteiger partial charge in [0.05, 0.1) is 5.69 Å². The molecule has 5 rings (SSSR count). The Morgan fingerprint density at radius 2 is 1.55 bits per heavy atom. The molecule has 228 valence electrons. The first-order valence-electron chi connectivity index (χ1n) is 14.8. The van der Waals surface area contributed by atoms with Crippen LogP contribution in [0.4, 0.5) is 17.2 Å². The van der Waals surface area contributed by atoms with Gasteiger partial charge in [0.2, 0.25) is 0 Å². The molecule has 44 heavy (non-hydrogen) atoms. The van der Waals surface area contributed by atoms with Crippen molar-refractivity contribution < 1.29 is 14.3 Å². The number of aryl methyl sites for hydroxylation is 1. The van der Waals surface area contributed by atoms with E-state index in [9.17, 15) is 14.4 Å². The van der Waals surface area contributed by atoms with E-state index in [4.69, 9.17) is 4.74 Å². The molecule has 9 nitrogen and oxygen atoms in total. The van der Waals surface area contributed by atoms with Gasteiger partial charge >= 0.3 is 0 Å². The largest absolute Gasteiger partial charge is 0.381 e. The highest BCUT2D eigenvalue weighted by Crippen LogP contribution is 2.29. The number of carbonyl (C=O) groups is 2. The molecule has 0 aliphatic carbocycles. The summed E-state index contributed by atoms with van der Waals surface area (Å²) in [7, 11) is 1.67. The second kappa shape index (κ2) is 12.9. The fourth-order valence-corrected chi connectivity index (χ4v) is 5.13. The number of aromatic nitrogens is 2. The van der Waals surface area contributed by atoms with E-state index in [2.05, 4.69) is 41.7 Å². The molecule has 0 saturated carbocycles. The molecule has 0 atom stereocenters. The molecule has 1 aromatic heterocycles. The average Bonchev–Trinajstić information content (AvgIpc) is 3.01. The van der Waals surface area contributed by atoms with Crippen molar-refractivity contribution in [1.29, 1.82) is 0 Å². The van der Waals surface area contributed by atoms with Crippen LogP contribution in [0.1, 0.15) is 65.5 Å². The molecule has 3 N–H and O–H groups in total. The van der Waals surface area contributed by atoms with Crippen LogP contribution in [0.2, 0.25) is 0 Å². The van der Waals surface area contributed by atoms with Crippen LogP contribution in [0.25, 0.3) is 11.3 Å². The molecule has 4 aromatic rings. The second-order valence-corrected chi connectivity index (χ2v) is 12.2. The maximum Gasteiger partial charge on any atom is 0.293 e. The molecule has 1 fully saturated rings. The maximum atomic E-state index is 13.1. The van der Waals surface area contributed by atoms with Gasteiger partial charge in [-0.1, -0.05) is 45.0 Å². The lowest BCUT2D eigenvalue weighted by atomic mass is 9.86. The van der Waals surface area contributed by atoms with Crippen molar-refractivity contribution in [2.75, 3.05) is 23.8 Å². The average molecular weight is 594 g/mol. The molecule has 3 aromatic carbocycles. The number of anilines is 3. The fourth-order valence-electron chi connectivity index (χ4n) is 5.13. The zero-order valence-electron chi connectivity index (χ0n) is 25.9. The predicted molar refractivity (Wildman–Crippen MR) is 174 cm³/mol. The van der Waals surface area contributed by atoms with Crippen LogP contribution >= 0.6 is 0 Å². The normalized spacial score (nSPS) is 13.8. The van der Waals surface area contributed by atoms with Gasteiger partial charge in [-0.25, -0.2) is 4.98 Å². The zero-order valence-corrected chi connectivity index (χ0v) is 25.9. The summed E-state index contributed by atoms with van der Waals surface area (Å²) < 4.78 is 6.83. The molecule has 1 aliphatic heterocycles. The number of amides is 2. The van der Waals surface area contributed by atoms with Crippen molar-refractivity contribution >= 4 is 29.0 Å². The summed E-state index contributed by atoms with van der Waals surface area (Å²) in [6.45, 7) is 9.63. The van der Waals surface area contributed by atoms with Crippen LogP contribution in [0.5, 0.6) is 0 Å². The summed E-state index contributed by atoms with van der Waals surface area (Å²) in [6, 6.07) is 20.3. The fraction of sp³-hybridized carbons (Fsp3) is 0.314. The third-order valence-corrected chi connectivity index (χ3v) is 7.91. The van der Waals surface area contributed by atoms with E-state index in [1.54, 1.807) is 37.5 Å². The van der Waals surface area contributed by atoms with Crippen LogP contribution in [-0.2, 0) is 17.2 Å². The van der Waals surface area contributed by atoms with Crippen LogP contribution in [0.15, 0.2) is 77.7 Å². The molecule has 0 spiro atoms. The summed E-state index contributed by atoms with van der Waals surface area (Å²) in [5.74, 6) is -0.188. The SMILES string of the molecule is Cc1c(NC(=O)c2ccc(C(C)(C)C)cc2)cccc1-c1cn(C)c(=O)c(Nc2ccc(C(=O)NC3CCOCC3)cc2)n1. The van der Waals surface area contributed by atoms with Gasteiger partial charge in [-0.05, 0) is 78.8 Å². The Bertz CT molecular complexity index is 1710. The van der Waals surface area contributed by atoms with E-state index in [0.717, 1.165) is 29.5 Å². The Hall–Kier alpha value is -4.76. The molecule has 2 amide bonds. The quantitative estimate of drug-likeness (QED) is 0.244. The third-order valence-electron chi connectivity index (χ3n) is 7.91. The number of nitrogens with one attached hydrogen (secondary N) is 3. The van der Waals surface area contributed by atoms with Crippen LogP contribution in [0, 0.1) is 6.92 Å². The minimum atomic E-state index is -0.295. The summed E-state index contributed by atoms with van der Waals surface area (Å²) in [4.78, 5) is 43.4. The Morgan fingerprint density at radius 1 is 0.909 bits per heavy atom. The van der Waals surface area contributed by atoms with Gasteiger partial charge in [0.1, 0.15) is 0 Å². The summed E-state index contributed by atoms with van der Waals surface area (Å²) in [5.41, 5.74) is 5.44. The van der Waals surface area contributed by atoms with Crippen molar-refractivity contribution in [1.82, 2.24) is 14.9 Å². The molecule has 1 saturated heterocycles. The number of benzene rings is 3. The third kappa shape index (κ3) is 7.06. The van der Waals surface area contributed by atoms with E-state index >= 15 is 0 Å². The first-order valence-corrected chi connectivity index (χ1v) is 14.8. The van der Waals surface area contributed by atoms with E-state index < -0.39 is 0 Å². The Morgan fingerprint density at radius 3 is 2.20 bits per heavy atom. The minimum Gasteiger partial charge on any atom is -0.381 e. The second-order valence-electron chi connectivity index (χ2n) is 12.2. The highest BCUT2D eigenvalue weighted by atomic mass is 16.5. The van der Waals surface area contributed by atoms with Crippen molar-refractivity contribution in [3.8, 4) is 11.3 Å². The van der Waals surface area contributed by atoms with Gasteiger partial charge in [-0.15, -0.1) is 0 Å². The lowest BCUT2D eigenvalue weighted by molar-refractivity contribution is 0.0696. The Labute approximate surface area is 257 Å². The topological polar surface area (TPSA) is 114 Å². The lowest BCUT2D eigenvalue weighted by Crippen LogP contribution is -2.38. The van der Waals surface area contributed by atoms with Crippen molar-refractivity contribution in [2.24, 2.45) is 7.05 Å². The summed E-state index contributed by atoms with van der Waals surface area (Å²) in [6.07, 6.45) is 3.28. The summed E-state index contributed by atoms with van der Waals surface area (Å²) >= 11 is 0. The van der Waals surface area contributed by atoms with Crippen molar-refractivity contribution in [2.45, 2.75) is 52.0 Å². The van der Waals surface area contributed by atoms with Crippen LogP contribution in [0.3, 0.4) is 0 Å². The van der Waals surface area contributed by atoms with Gasteiger partial charge in [0.25, 0.3) is 17.4 Å². The van der Waals surface area contributed by atoms with Crippen molar-refractivity contribution in [3.63, 3.8) is 0 Å². The number of hydrogen-bond donors (Lipinski definition) is 3. The number of ether oxygens (including phenoxy) is 1. The molecule has 0 unspecified atom stereocenters. The highest BCUT2D eigenvalue weighted by Gasteiger charge is 2.18. The van der Waals surface area contributed by atoms with Gasteiger partial charge in [-0.2, -0.15) is 0 Å². The van der Waals surface area contributed by atoms with E-state index in [-0.39, 0.29) is 34.6 Å². The van der Waals surface area contributed by atoms with Gasteiger partial charge in [-0.3, -0.25) is 14.4 Å². The molecule has 2 heterocycles. The van der Waals surface area contributed by atoms with Gasteiger partial charge in [0, 0.05) is 60.6 Å². The molecular formula is C35H39N5O4. The monoisotopic (exact) mass is 593 g/mol. The van der Waals surface area contributed by atoms with E-state index in [1.807, 2.05) is 49.4 Å². The molecule has 1 aliphatic rings. The van der Waals surface area contributed by atoms with Crippen LogP contribution < -0.4 is 21.5 Å². The first-order chi connectivity index (χ1) is 21.0. The molecular weight excluding hydrogens is 554 g/mol. The summed E-state index contributed by atoms with van der Waals surface area (Å²) in [5, 5.41) is 9.19.